The number of benzene rings is 1. The van der Waals surface area contributed by atoms with Crippen LogP contribution >= 0.6 is 15.9 Å². The van der Waals surface area contributed by atoms with Gasteiger partial charge in [-0.25, -0.2) is 9.18 Å². The molecule has 5 nitrogen and oxygen atoms in total. The van der Waals surface area contributed by atoms with Gasteiger partial charge in [0.05, 0.1) is 5.69 Å². The molecule has 86 valence electrons. The number of urea groups is 1. The molecule has 0 saturated heterocycles. The van der Waals surface area contributed by atoms with Gasteiger partial charge >= 0.3 is 6.03 Å². The van der Waals surface area contributed by atoms with Crippen molar-refractivity contribution in [3.05, 3.63) is 28.0 Å². The highest BCUT2D eigenvalue weighted by molar-refractivity contribution is 9.10. The van der Waals surface area contributed by atoms with Crippen molar-refractivity contribution in [3.63, 3.8) is 0 Å². The average molecular weight is 289 g/mol. The largest absolute Gasteiger partial charge is 0.370 e. The van der Waals surface area contributed by atoms with E-state index in [1.54, 1.807) is 6.92 Å². The number of aryl methyl sites for hydroxylation is 1. The number of carbonyl (C=O) groups excluding carboxylic acids is 1. The van der Waals surface area contributed by atoms with Crippen molar-refractivity contribution < 1.29 is 9.18 Å². The van der Waals surface area contributed by atoms with E-state index in [0.29, 0.717) is 15.7 Å². The van der Waals surface area contributed by atoms with Crippen molar-refractivity contribution in [3.8, 4) is 0 Å². The van der Waals surface area contributed by atoms with Gasteiger partial charge < -0.3 is 11.1 Å². The minimum Gasteiger partial charge on any atom is -0.370 e. The normalized spacial score (nSPS) is 9.69. The Balaban J connectivity index is 2.89. The lowest BCUT2D eigenvalue weighted by atomic mass is 10.2. The fraction of sp³-hybridized carbons (Fsp3) is 0.111. The van der Waals surface area contributed by atoms with Crippen LogP contribution in [0.25, 0.3) is 0 Å². The predicted octanol–water partition coefficient (Wildman–Crippen LogP) is 1.91. The van der Waals surface area contributed by atoms with E-state index in [-0.39, 0.29) is 0 Å². The molecule has 0 atom stereocenters. The van der Waals surface area contributed by atoms with E-state index in [1.807, 2.05) is 0 Å². The lowest BCUT2D eigenvalue weighted by molar-refractivity contribution is 0.256. The van der Waals surface area contributed by atoms with Gasteiger partial charge in [0.1, 0.15) is 5.82 Å². The van der Waals surface area contributed by atoms with Crippen LogP contribution in [-0.2, 0) is 0 Å². The molecule has 0 heterocycles. The maximum atomic E-state index is 12.9. The number of carbonyl (C=O) groups is 1. The number of halogens is 2. The van der Waals surface area contributed by atoms with Crippen molar-refractivity contribution in [1.82, 2.24) is 5.32 Å². The number of anilines is 1. The molecule has 0 aliphatic rings. The van der Waals surface area contributed by atoms with Crippen molar-refractivity contribution >= 4 is 33.6 Å². The molecular weight excluding hydrogens is 279 g/mol. The minimum absolute atomic E-state index is 0.401. The molecule has 0 bridgehead atoms. The summed E-state index contributed by atoms with van der Waals surface area (Å²) in [7, 11) is 0. The molecule has 0 unspecified atom stereocenters. The molecule has 2 amide bonds. The van der Waals surface area contributed by atoms with Gasteiger partial charge in [-0.1, -0.05) is 0 Å². The van der Waals surface area contributed by atoms with Crippen LogP contribution in [0, 0.1) is 18.2 Å². The summed E-state index contributed by atoms with van der Waals surface area (Å²) < 4.78 is 13.4. The highest BCUT2D eigenvalue weighted by Gasteiger charge is 2.10. The Kier molecular flexibility index (Phi) is 3.83. The number of nitrogens with two attached hydrogens (primary N) is 1. The number of rotatable bonds is 1. The van der Waals surface area contributed by atoms with Gasteiger partial charge in [-0.15, -0.1) is 0 Å². The Bertz CT molecular complexity index is 426. The molecule has 0 radical (unpaired) electrons. The van der Waals surface area contributed by atoms with E-state index < -0.39 is 17.8 Å². The highest BCUT2D eigenvalue weighted by atomic mass is 79.9. The lowest BCUT2D eigenvalue weighted by Gasteiger charge is -2.11. The first kappa shape index (κ1) is 12.4. The summed E-state index contributed by atoms with van der Waals surface area (Å²) in [5, 5.41) is 11.4. The zero-order valence-electron chi connectivity index (χ0n) is 8.40. The van der Waals surface area contributed by atoms with Crippen LogP contribution in [-0.4, -0.2) is 12.0 Å². The maximum Gasteiger partial charge on any atom is 0.326 e. The summed E-state index contributed by atoms with van der Waals surface area (Å²) in [4.78, 5) is 11.3. The molecule has 1 aromatic carbocycles. The molecule has 7 heteroatoms. The highest BCUT2D eigenvalue weighted by Crippen LogP contribution is 2.27. The van der Waals surface area contributed by atoms with Crippen molar-refractivity contribution in [2.75, 3.05) is 5.32 Å². The second-order valence-corrected chi connectivity index (χ2v) is 3.93. The number of hydrogen-bond acceptors (Lipinski definition) is 2. The number of amides is 2. The smallest absolute Gasteiger partial charge is 0.326 e. The van der Waals surface area contributed by atoms with E-state index in [1.165, 1.54) is 12.1 Å². The third-order valence-electron chi connectivity index (χ3n) is 1.74. The standard InChI is InChI=1S/C9H10BrFN4O/c1-4-2-5(11)3-6(10)7(4)14-9(16)15-8(12)13/h2-3H,1H3,(H5,12,13,14,15,16). The summed E-state index contributed by atoms with van der Waals surface area (Å²) in [6.45, 7) is 1.65. The fourth-order valence-corrected chi connectivity index (χ4v) is 1.76. The summed E-state index contributed by atoms with van der Waals surface area (Å²) in [5.41, 5.74) is 5.98. The topological polar surface area (TPSA) is 91.0 Å². The average Bonchev–Trinajstić information content (AvgIpc) is 2.09. The first-order chi connectivity index (χ1) is 7.40. The molecule has 1 aromatic rings. The molecule has 0 aromatic heterocycles. The summed E-state index contributed by atoms with van der Waals surface area (Å²) in [6.07, 6.45) is 0. The second kappa shape index (κ2) is 4.93. The summed E-state index contributed by atoms with van der Waals surface area (Å²) in [6, 6.07) is 1.87. The summed E-state index contributed by atoms with van der Waals surface area (Å²) in [5.74, 6) is -0.865. The van der Waals surface area contributed by atoms with E-state index in [0.717, 1.165) is 0 Å². The SMILES string of the molecule is Cc1cc(F)cc(Br)c1NC(=O)NC(=N)N. The Labute approximate surface area is 99.8 Å². The second-order valence-electron chi connectivity index (χ2n) is 3.07. The molecule has 0 fully saturated rings. The van der Waals surface area contributed by atoms with E-state index in [2.05, 4.69) is 26.6 Å². The molecule has 0 aliphatic carbocycles. The van der Waals surface area contributed by atoms with Crippen LogP contribution in [0.3, 0.4) is 0 Å². The minimum atomic E-state index is -0.650. The molecule has 0 saturated carbocycles. The van der Waals surface area contributed by atoms with Crippen LogP contribution in [0.4, 0.5) is 14.9 Å². The third kappa shape index (κ3) is 3.20. The van der Waals surface area contributed by atoms with Crippen LogP contribution in [0.2, 0.25) is 0 Å². The van der Waals surface area contributed by atoms with Gasteiger partial charge in [0, 0.05) is 4.47 Å². The van der Waals surface area contributed by atoms with Gasteiger partial charge in [-0.05, 0) is 40.5 Å². The monoisotopic (exact) mass is 288 g/mol. The zero-order valence-corrected chi connectivity index (χ0v) is 9.98. The van der Waals surface area contributed by atoms with Gasteiger partial charge in [0.2, 0.25) is 0 Å². The van der Waals surface area contributed by atoms with E-state index in [4.69, 9.17) is 11.1 Å². The van der Waals surface area contributed by atoms with Gasteiger partial charge in [0.15, 0.2) is 5.96 Å². The van der Waals surface area contributed by atoms with Crippen molar-refractivity contribution in [2.45, 2.75) is 6.92 Å². The number of hydrogen-bond donors (Lipinski definition) is 4. The van der Waals surface area contributed by atoms with E-state index in [9.17, 15) is 9.18 Å². The molecular formula is C9H10BrFN4O. The quantitative estimate of drug-likeness (QED) is 0.470. The molecule has 0 spiro atoms. The van der Waals surface area contributed by atoms with Gasteiger partial charge in [0.25, 0.3) is 0 Å². The third-order valence-corrected chi connectivity index (χ3v) is 2.36. The van der Waals surface area contributed by atoms with Crippen LogP contribution in [0.5, 0.6) is 0 Å². The molecule has 5 N–H and O–H groups in total. The zero-order chi connectivity index (χ0) is 12.3. The van der Waals surface area contributed by atoms with Gasteiger partial charge in [-0.3, -0.25) is 10.7 Å². The van der Waals surface area contributed by atoms with Gasteiger partial charge in [-0.2, -0.15) is 0 Å². The number of nitrogens with one attached hydrogen (secondary N) is 3. The first-order valence-corrected chi connectivity index (χ1v) is 5.07. The van der Waals surface area contributed by atoms with Crippen LogP contribution in [0.1, 0.15) is 5.56 Å². The molecule has 1 rings (SSSR count). The lowest BCUT2D eigenvalue weighted by Crippen LogP contribution is -2.38. The predicted molar refractivity (Wildman–Crippen MR) is 62.9 cm³/mol. The van der Waals surface area contributed by atoms with Crippen molar-refractivity contribution in [1.29, 1.82) is 5.41 Å². The molecule has 16 heavy (non-hydrogen) atoms. The van der Waals surface area contributed by atoms with Crippen LogP contribution in [0.15, 0.2) is 16.6 Å². The Morgan fingerprint density at radius 1 is 1.56 bits per heavy atom. The summed E-state index contributed by atoms with van der Waals surface area (Å²) >= 11 is 3.13. The maximum absolute atomic E-state index is 12.9. The van der Waals surface area contributed by atoms with Crippen LogP contribution < -0.4 is 16.4 Å². The Morgan fingerprint density at radius 3 is 2.69 bits per heavy atom. The Hall–Kier alpha value is -1.63. The Morgan fingerprint density at radius 2 is 2.19 bits per heavy atom. The number of guanidine groups is 1. The molecule has 0 aliphatic heterocycles. The first-order valence-electron chi connectivity index (χ1n) is 4.28. The van der Waals surface area contributed by atoms with Crippen molar-refractivity contribution in [2.24, 2.45) is 5.73 Å². The fourth-order valence-electron chi connectivity index (χ4n) is 1.13. The van der Waals surface area contributed by atoms with E-state index >= 15 is 0 Å².